The predicted molar refractivity (Wildman–Crippen MR) is 170 cm³/mol. The maximum absolute atomic E-state index is 13.1. The Morgan fingerprint density at radius 2 is 1.16 bits per heavy atom. The zero-order chi connectivity index (χ0) is 36.1. The van der Waals surface area contributed by atoms with E-state index in [-0.39, 0.29) is 84.3 Å². The molecule has 274 valence electrons. The van der Waals surface area contributed by atoms with E-state index in [0.717, 1.165) is 0 Å². The Hall–Kier alpha value is -3.95. The molecule has 1 unspecified atom stereocenters. The summed E-state index contributed by atoms with van der Waals surface area (Å²) in [5.74, 6) is -3.81. The minimum absolute atomic E-state index is 0.0950. The van der Waals surface area contributed by atoms with Gasteiger partial charge in [0.05, 0.1) is 32.8 Å². The average molecular weight is 699 g/mol. The smallest absolute Gasteiger partial charge is 0.317 e. The standard InChI is InChI=1S/C30H46N6O13/c1-19(38)31-27-29(47)28(46)22(18-37)49-30(27)48-21-4-2-20(3-5-21)32-23(39)14-33-6-8-34(15-24(40)41)10-12-36(17-26(44)45)13-11-35(9-7-33)16-25(42)43/h2-5,22,27-30,37,46-47H,6-18H2,1H3,(H,31,38)(H,32,39)(H,40,41)(H,42,43)(H,44,45)/t22-,27-,28-,29-,30?/m1/s1. The second-order valence-corrected chi connectivity index (χ2v) is 11.9. The molecular formula is C30H46N6O13. The normalized spacial score (nSPS) is 25.3. The molecule has 0 bridgehead atoms. The third-order valence-corrected chi connectivity index (χ3v) is 8.01. The number of nitrogens with zero attached hydrogens (tertiary/aromatic N) is 4. The molecular weight excluding hydrogens is 652 g/mol. The maximum Gasteiger partial charge on any atom is 0.317 e. The summed E-state index contributed by atoms with van der Waals surface area (Å²) in [7, 11) is 0. The van der Waals surface area contributed by atoms with E-state index >= 15 is 0 Å². The number of anilines is 1. The number of hydrogen-bond donors (Lipinski definition) is 8. The van der Waals surface area contributed by atoms with Crippen molar-refractivity contribution in [2.45, 2.75) is 37.6 Å². The van der Waals surface area contributed by atoms with Crippen LogP contribution in [0.1, 0.15) is 6.92 Å². The molecule has 2 aliphatic rings. The summed E-state index contributed by atoms with van der Waals surface area (Å²) in [6.07, 6.45) is -5.36. The number of benzene rings is 1. The molecule has 0 radical (unpaired) electrons. The van der Waals surface area contributed by atoms with Crippen molar-refractivity contribution in [1.82, 2.24) is 24.9 Å². The van der Waals surface area contributed by atoms with Gasteiger partial charge in [0.2, 0.25) is 18.1 Å². The second-order valence-electron chi connectivity index (χ2n) is 11.9. The average Bonchev–Trinajstić information content (AvgIpc) is 3.02. The van der Waals surface area contributed by atoms with Crippen LogP contribution >= 0.6 is 0 Å². The SMILES string of the molecule is CC(=O)N[C@H]1C(Oc2ccc(NC(=O)CN3CCN(CC(=O)O)CCN(CC(=O)O)CCN(CC(=O)O)CC3)cc2)O[C@H](CO)[C@@H](O)[C@@H]1O. The first-order valence-electron chi connectivity index (χ1n) is 15.7. The predicted octanol–water partition coefficient (Wildman–Crippen LogP) is -3.58. The van der Waals surface area contributed by atoms with E-state index in [9.17, 15) is 54.6 Å². The first kappa shape index (κ1) is 39.5. The molecule has 0 saturated carbocycles. The van der Waals surface area contributed by atoms with Gasteiger partial charge in [-0.1, -0.05) is 0 Å². The number of nitrogens with one attached hydrogen (secondary N) is 2. The van der Waals surface area contributed by atoms with E-state index in [4.69, 9.17) is 9.47 Å². The molecule has 0 aromatic heterocycles. The summed E-state index contributed by atoms with van der Waals surface area (Å²) >= 11 is 0. The Balaban J connectivity index is 1.66. The molecule has 49 heavy (non-hydrogen) atoms. The van der Waals surface area contributed by atoms with Gasteiger partial charge in [0, 0.05) is 65.0 Å². The van der Waals surface area contributed by atoms with E-state index in [1.807, 2.05) is 0 Å². The number of hydrogen-bond acceptors (Lipinski definition) is 14. The van der Waals surface area contributed by atoms with Crippen LogP contribution in [-0.4, -0.2) is 196 Å². The van der Waals surface area contributed by atoms with Crippen molar-refractivity contribution in [2.75, 3.05) is 90.5 Å². The van der Waals surface area contributed by atoms with Crippen molar-refractivity contribution < 1.29 is 64.1 Å². The van der Waals surface area contributed by atoms with Crippen LogP contribution in [0.4, 0.5) is 5.69 Å². The van der Waals surface area contributed by atoms with Crippen molar-refractivity contribution in [2.24, 2.45) is 0 Å². The highest BCUT2D eigenvalue weighted by Crippen LogP contribution is 2.25. The Kier molecular flexibility index (Phi) is 15.5. The van der Waals surface area contributed by atoms with Gasteiger partial charge in [-0.25, -0.2) is 0 Å². The number of carboxylic acids is 3. The van der Waals surface area contributed by atoms with Crippen LogP contribution in [-0.2, 0) is 28.7 Å². The highest BCUT2D eigenvalue weighted by atomic mass is 16.7. The van der Waals surface area contributed by atoms with Gasteiger partial charge >= 0.3 is 17.9 Å². The van der Waals surface area contributed by atoms with E-state index in [0.29, 0.717) is 5.69 Å². The minimum atomic E-state index is -1.48. The monoisotopic (exact) mass is 698 g/mol. The van der Waals surface area contributed by atoms with E-state index in [1.54, 1.807) is 31.7 Å². The molecule has 2 heterocycles. The highest BCUT2D eigenvalue weighted by Gasteiger charge is 2.46. The lowest BCUT2D eigenvalue weighted by atomic mass is 9.97. The van der Waals surface area contributed by atoms with Gasteiger partial charge in [0.1, 0.15) is 30.1 Å². The van der Waals surface area contributed by atoms with Gasteiger partial charge in [-0.05, 0) is 24.3 Å². The zero-order valence-corrected chi connectivity index (χ0v) is 27.2. The Morgan fingerprint density at radius 3 is 1.55 bits per heavy atom. The summed E-state index contributed by atoms with van der Waals surface area (Å²) in [6.45, 7) is 1.79. The number of ether oxygens (including phenoxy) is 2. The first-order valence-corrected chi connectivity index (χ1v) is 15.7. The topological polar surface area (TPSA) is 262 Å². The molecule has 2 amide bonds. The number of aliphatic hydroxyl groups is 3. The number of carbonyl (C=O) groups excluding carboxylic acids is 2. The van der Waals surface area contributed by atoms with Crippen LogP contribution < -0.4 is 15.4 Å². The van der Waals surface area contributed by atoms with Crippen LogP contribution in [0.3, 0.4) is 0 Å². The van der Waals surface area contributed by atoms with E-state index in [1.165, 1.54) is 19.1 Å². The molecule has 19 nitrogen and oxygen atoms in total. The third kappa shape index (κ3) is 13.5. The summed E-state index contributed by atoms with van der Waals surface area (Å²) in [5, 5.41) is 63.6. The van der Waals surface area contributed by atoms with Crippen molar-refractivity contribution in [3.63, 3.8) is 0 Å². The van der Waals surface area contributed by atoms with Gasteiger partial charge in [0.25, 0.3) is 0 Å². The fourth-order valence-corrected chi connectivity index (χ4v) is 5.51. The van der Waals surface area contributed by atoms with Crippen molar-refractivity contribution in [3.8, 4) is 5.75 Å². The fourth-order valence-electron chi connectivity index (χ4n) is 5.51. The number of aliphatic carboxylic acids is 3. The molecule has 2 fully saturated rings. The lowest BCUT2D eigenvalue weighted by Crippen LogP contribution is -2.65. The van der Waals surface area contributed by atoms with E-state index < -0.39 is 67.0 Å². The molecule has 1 aromatic rings. The molecule has 5 atom stereocenters. The Morgan fingerprint density at radius 1 is 0.735 bits per heavy atom. The minimum Gasteiger partial charge on any atom is -0.480 e. The van der Waals surface area contributed by atoms with Gasteiger partial charge < -0.3 is 50.7 Å². The van der Waals surface area contributed by atoms with Crippen LogP contribution in [0.5, 0.6) is 5.75 Å². The van der Waals surface area contributed by atoms with Crippen LogP contribution in [0.15, 0.2) is 24.3 Å². The summed E-state index contributed by atoms with van der Waals surface area (Å²) in [5.41, 5.74) is 0.400. The fraction of sp³-hybridized carbons (Fsp3) is 0.633. The number of carbonyl (C=O) groups is 5. The van der Waals surface area contributed by atoms with Crippen molar-refractivity contribution in [3.05, 3.63) is 24.3 Å². The maximum atomic E-state index is 13.1. The molecule has 0 aliphatic carbocycles. The molecule has 3 rings (SSSR count). The summed E-state index contributed by atoms with van der Waals surface area (Å²) < 4.78 is 11.4. The molecule has 2 saturated heterocycles. The van der Waals surface area contributed by atoms with Crippen molar-refractivity contribution in [1.29, 1.82) is 0 Å². The Bertz CT molecular complexity index is 1240. The van der Waals surface area contributed by atoms with Crippen LogP contribution in [0, 0.1) is 0 Å². The number of rotatable bonds is 13. The van der Waals surface area contributed by atoms with Gasteiger partial charge in [-0.15, -0.1) is 0 Å². The largest absolute Gasteiger partial charge is 0.480 e. The number of aliphatic hydroxyl groups excluding tert-OH is 3. The van der Waals surface area contributed by atoms with Gasteiger partial charge in [0.15, 0.2) is 0 Å². The lowest BCUT2D eigenvalue weighted by Gasteiger charge is -2.42. The molecule has 0 spiro atoms. The third-order valence-electron chi connectivity index (χ3n) is 8.01. The van der Waals surface area contributed by atoms with Crippen LogP contribution in [0.25, 0.3) is 0 Å². The Labute approximate surface area is 282 Å². The molecule has 8 N–H and O–H groups in total. The number of carboxylic acid groups (broad SMARTS) is 3. The van der Waals surface area contributed by atoms with E-state index in [2.05, 4.69) is 10.6 Å². The summed E-state index contributed by atoms with van der Waals surface area (Å²) in [6, 6.07) is 4.96. The van der Waals surface area contributed by atoms with Gasteiger partial charge in [-0.2, -0.15) is 0 Å². The highest BCUT2D eigenvalue weighted by molar-refractivity contribution is 5.92. The molecule has 19 heteroatoms. The quantitative estimate of drug-likeness (QED) is 0.0990. The second kappa shape index (κ2) is 19.3. The lowest BCUT2D eigenvalue weighted by molar-refractivity contribution is -0.244. The first-order chi connectivity index (χ1) is 23.2. The zero-order valence-electron chi connectivity index (χ0n) is 27.2. The molecule has 1 aromatic carbocycles. The summed E-state index contributed by atoms with van der Waals surface area (Å²) in [4.78, 5) is 65.9. The molecule has 2 aliphatic heterocycles. The van der Waals surface area contributed by atoms with Gasteiger partial charge in [-0.3, -0.25) is 43.6 Å². The van der Waals surface area contributed by atoms with Crippen LogP contribution in [0.2, 0.25) is 0 Å². The number of amides is 2. The van der Waals surface area contributed by atoms with Crippen molar-refractivity contribution >= 4 is 35.4 Å².